The fraction of sp³-hybridized carbons (Fsp3) is 0.333. The first-order chi connectivity index (χ1) is 8.88. The quantitative estimate of drug-likeness (QED) is 0.501. The number of rotatable bonds is 4. The van der Waals surface area contributed by atoms with Gasteiger partial charge in [0.1, 0.15) is 5.56 Å². The maximum atomic E-state index is 11.9. The molecule has 1 atom stereocenters. The third kappa shape index (κ3) is 3.27. The normalized spacial score (nSPS) is 11.5. The highest BCUT2D eigenvalue weighted by Crippen LogP contribution is 2.23. The predicted molar refractivity (Wildman–Crippen MR) is 66.8 cm³/mol. The van der Waals surface area contributed by atoms with Crippen LogP contribution in [0, 0.1) is 17.0 Å². The molecule has 1 N–H and O–H groups in total. The molecule has 0 heterocycles. The summed E-state index contributed by atoms with van der Waals surface area (Å²) in [5, 5.41) is 13.2. The van der Waals surface area contributed by atoms with Crippen LogP contribution in [0.5, 0.6) is 0 Å². The highest BCUT2D eigenvalue weighted by atomic mass is 16.6. The summed E-state index contributed by atoms with van der Waals surface area (Å²) in [6.45, 7) is 2.95. The molecule has 0 spiro atoms. The number of nitrogens with zero attached hydrogens (tertiary/aromatic N) is 1. The Morgan fingerprint density at radius 3 is 2.58 bits per heavy atom. The number of nitro benzene ring substituents is 1. The standard InChI is InChI=1S/C12H14N2O5/c1-7-5-4-6-9(14(17)18)10(7)12(16)19-8(2)11(15)13-3/h4-6,8H,1-3H3,(H,13,15). The van der Waals surface area contributed by atoms with Gasteiger partial charge in [-0.2, -0.15) is 0 Å². The lowest BCUT2D eigenvalue weighted by atomic mass is 10.1. The number of benzene rings is 1. The van der Waals surface area contributed by atoms with Gasteiger partial charge in [0.25, 0.3) is 11.6 Å². The number of amides is 1. The number of hydrogen-bond donors (Lipinski definition) is 1. The largest absolute Gasteiger partial charge is 0.449 e. The molecule has 0 aliphatic rings. The SMILES string of the molecule is CNC(=O)C(C)OC(=O)c1c(C)cccc1[N+](=O)[O-]. The lowest BCUT2D eigenvalue weighted by Crippen LogP contribution is -2.33. The summed E-state index contributed by atoms with van der Waals surface area (Å²) in [5.41, 5.74) is -0.0549. The Balaban J connectivity index is 3.06. The first kappa shape index (κ1) is 14.6. The molecule has 0 bridgehead atoms. The van der Waals surface area contributed by atoms with E-state index in [2.05, 4.69) is 5.32 Å². The lowest BCUT2D eigenvalue weighted by molar-refractivity contribution is -0.385. The monoisotopic (exact) mass is 266 g/mol. The second kappa shape index (κ2) is 5.94. The van der Waals surface area contributed by atoms with Crippen LogP contribution in [0.4, 0.5) is 5.69 Å². The molecular formula is C12H14N2O5. The van der Waals surface area contributed by atoms with E-state index >= 15 is 0 Å². The molecule has 0 saturated heterocycles. The minimum atomic E-state index is -1.02. The maximum Gasteiger partial charge on any atom is 0.346 e. The summed E-state index contributed by atoms with van der Waals surface area (Å²) < 4.78 is 4.91. The second-order valence-electron chi connectivity index (χ2n) is 3.89. The van der Waals surface area contributed by atoms with Crippen LogP contribution in [0.2, 0.25) is 0 Å². The topological polar surface area (TPSA) is 98.5 Å². The minimum absolute atomic E-state index is 0.136. The smallest absolute Gasteiger partial charge is 0.346 e. The van der Waals surface area contributed by atoms with Crippen molar-refractivity contribution < 1.29 is 19.2 Å². The number of ether oxygens (including phenoxy) is 1. The Labute approximate surface area is 109 Å². The first-order valence-electron chi connectivity index (χ1n) is 5.55. The highest BCUT2D eigenvalue weighted by Gasteiger charge is 2.26. The molecule has 1 amide bonds. The third-order valence-electron chi connectivity index (χ3n) is 2.55. The molecule has 19 heavy (non-hydrogen) atoms. The molecule has 1 rings (SSSR count). The molecule has 1 unspecified atom stereocenters. The first-order valence-corrected chi connectivity index (χ1v) is 5.55. The van der Waals surface area contributed by atoms with Crippen molar-refractivity contribution in [3.8, 4) is 0 Å². The van der Waals surface area contributed by atoms with Crippen LogP contribution in [0.25, 0.3) is 0 Å². The van der Waals surface area contributed by atoms with Crippen molar-refractivity contribution in [3.05, 3.63) is 39.4 Å². The number of nitrogens with one attached hydrogen (secondary N) is 1. The molecule has 1 aromatic carbocycles. The van der Waals surface area contributed by atoms with E-state index in [1.165, 1.54) is 26.1 Å². The van der Waals surface area contributed by atoms with Crippen molar-refractivity contribution in [2.45, 2.75) is 20.0 Å². The van der Waals surface area contributed by atoms with Gasteiger partial charge in [-0.25, -0.2) is 4.79 Å². The second-order valence-corrected chi connectivity index (χ2v) is 3.89. The van der Waals surface area contributed by atoms with Gasteiger partial charge >= 0.3 is 5.97 Å². The summed E-state index contributed by atoms with van der Waals surface area (Å²) >= 11 is 0. The van der Waals surface area contributed by atoms with Crippen LogP contribution >= 0.6 is 0 Å². The van der Waals surface area contributed by atoms with Gasteiger partial charge in [0.05, 0.1) is 4.92 Å². The molecule has 0 aliphatic carbocycles. The molecule has 0 aliphatic heterocycles. The molecule has 7 heteroatoms. The van der Waals surface area contributed by atoms with E-state index in [1.54, 1.807) is 13.0 Å². The molecule has 0 radical (unpaired) electrons. The van der Waals surface area contributed by atoms with E-state index in [9.17, 15) is 19.7 Å². The molecule has 1 aromatic rings. The van der Waals surface area contributed by atoms with Gasteiger partial charge in [0.15, 0.2) is 6.10 Å². The van der Waals surface area contributed by atoms with Gasteiger partial charge in [0, 0.05) is 13.1 Å². The zero-order chi connectivity index (χ0) is 14.6. The average Bonchev–Trinajstić information content (AvgIpc) is 2.36. The molecule has 7 nitrogen and oxygen atoms in total. The average molecular weight is 266 g/mol. The predicted octanol–water partition coefficient (Wildman–Crippen LogP) is 1.19. The number of esters is 1. The van der Waals surface area contributed by atoms with Gasteiger partial charge in [-0.15, -0.1) is 0 Å². The van der Waals surface area contributed by atoms with Crippen LogP contribution in [0.15, 0.2) is 18.2 Å². The van der Waals surface area contributed by atoms with Gasteiger partial charge in [-0.1, -0.05) is 12.1 Å². The fourth-order valence-electron chi connectivity index (χ4n) is 1.55. The summed E-state index contributed by atoms with van der Waals surface area (Å²) in [5.74, 6) is -1.37. The molecule has 0 saturated carbocycles. The number of carbonyl (C=O) groups is 2. The third-order valence-corrected chi connectivity index (χ3v) is 2.55. The van der Waals surface area contributed by atoms with Crippen LogP contribution in [-0.2, 0) is 9.53 Å². The van der Waals surface area contributed by atoms with Crippen LogP contribution in [0.1, 0.15) is 22.8 Å². The Morgan fingerprint density at radius 1 is 1.42 bits per heavy atom. The summed E-state index contributed by atoms with van der Waals surface area (Å²) in [6, 6.07) is 4.26. The van der Waals surface area contributed by atoms with Gasteiger partial charge in [-0.3, -0.25) is 14.9 Å². The Kier molecular flexibility index (Phi) is 4.57. The minimum Gasteiger partial charge on any atom is -0.449 e. The summed E-state index contributed by atoms with van der Waals surface area (Å²) in [7, 11) is 1.41. The van der Waals surface area contributed by atoms with Crippen molar-refractivity contribution in [2.75, 3.05) is 7.05 Å². The van der Waals surface area contributed by atoms with E-state index in [-0.39, 0.29) is 11.3 Å². The molecule has 0 aromatic heterocycles. The van der Waals surface area contributed by atoms with Crippen LogP contribution in [-0.4, -0.2) is 30.0 Å². The van der Waals surface area contributed by atoms with Crippen molar-refractivity contribution >= 4 is 17.6 Å². The van der Waals surface area contributed by atoms with Crippen molar-refractivity contribution in [1.29, 1.82) is 0 Å². The summed E-state index contributed by atoms with van der Waals surface area (Å²) in [6.07, 6.45) is -1.02. The highest BCUT2D eigenvalue weighted by molar-refractivity contribution is 5.97. The zero-order valence-electron chi connectivity index (χ0n) is 10.8. The number of aryl methyl sites for hydroxylation is 1. The summed E-state index contributed by atoms with van der Waals surface area (Å²) in [4.78, 5) is 33.4. The van der Waals surface area contributed by atoms with Crippen LogP contribution < -0.4 is 5.32 Å². The van der Waals surface area contributed by atoms with Gasteiger partial charge < -0.3 is 10.1 Å². The van der Waals surface area contributed by atoms with Crippen molar-refractivity contribution in [2.24, 2.45) is 0 Å². The maximum absolute atomic E-state index is 11.9. The molecule has 0 fully saturated rings. The fourth-order valence-corrected chi connectivity index (χ4v) is 1.55. The number of nitro groups is 1. The van der Waals surface area contributed by atoms with Gasteiger partial charge in [0.2, 0.25) is 0 Å². The van der Waals surface area contributed by atoms with E-state index in [0.29, 0.717) is 5.56 Å². The van der Waals surface area contributed by atoms with Crippen molar-refractivity contribution in [3.63, 3.8) is 0 Å². The number of carbonyl (C=O) groups excluding carboxylic acids is 2. The number of hydrogen-bond acceptors (Lipinski definition) is 5. The Bertz CT molecular complexity index is 527. The Hall–Kier alpha value is -2.44. The lowest BCUT2D eigenvalue weighted by Gasteiger charge is -2.12. The van der Waals surface area contributed by atoms with E-state index in [4.69, 9.17) is 4.74 Å². The van der Waals surface area contributed by atoms with E-state index in [1.807, 2.05) is 0 Å². The van der Waals surface area contributed by atoms with Gasteiger partial charge in [-0.05, 0) is 19.4 Å². The molecular weight excluding hydrogens is 252 g/mol. The van der Waals surface area contributed by atoms with Crippen LogP contribution in [0.3, 0.4) is 0 Å². The van der Waals surface area contributed by atoms with E-state index < -0.39 is 22.9 Å². The number of likely N-dealkylation sites (N-methyl/N-ethyl adjacent to an activating group) is 1. The Morgan fingerprint density at radius 2 is 2.05 bits per heavy atom. The van der Waals surface area contributed by atoms with Crippen molar-refractivity contribution in [1.82, 2.24) is 5.32 Å². The molecule has 102 valence electrons. The zero-order valence-corrected chi connectivity index (χ0v) is 10.8. The van der Waals surface area contributed by atoms with E-state index in [0.717, 1.165) is 0 Å².